The van der Waals surface area contributed by atoms with Crippen LogP contribution in [0.5, 0.6) is 5.75 Å². The Morgan fingerprint density at radius 2 is 1.88 bits per heavy atom. The number of carbonyl (C=O) groups is 2. The van der Waals surface area contributed by atoms with Crippen LogP contribution >= 0.6 is 0 Å². The zero-order valence-corrected chi connectivity index (χ0v) is 14.9. The van der Waals surface area contributed by atoms with E-state index in [1.165, 1.54) is 4.90 Å². The van der Waals surface area contributed by atoms with E-state index in [2.05, 4.69) is 6.92 Å². The summed E-state index contributed by atoms with van der Waals surface area (Å²) in [6, 6.07) is 16.5. The standard InChI is InChI=1S/C21H23NO4/c1-2-3-13-25-18-11-9-16(10-12-18)14-20(23)22-19(15-26-21(22)24)17-7-5-4-6-8-17/h4-12,19H,2-3,13-15H2,1H3/t19-/m0/s1. The minimum atomic E-state index is -0.580. The van der Waals surface area contributed by atoms with Crippen molar-refractivity contribution in [3.63, 3.8) is 0 Å². The molecule has 0 aliphatic carbocycles. The van der Waals surface area contributed by atoms with Crippen LogP contribution in [-0.4, -0.2) is 30.1 Å². The van der Waals surface area contributed by atoms with E-state index in [0.29, 0.717) is 6.61 Å². The van der Waals surface area contributed by atoms with Gasteiger partial charge in [0.15, 0.2) is 0 Å². The molecule has 2 aromatic rings. The fourth-order valence-corrected chi connectivity index (χ4v) is 2.92. The number of nitrogens with zero attached hydrogens (tertiary/aromatic N) is 1. The van der Waals surface area contributed by atoms with Gasteiger partial charge in [0.05, 0.1) is 13.0 Å². The number of amides is 2. The van der Waals surface area contributed by atoms with E-state index < -0.39 is 6.09 Å². The van der Waals surface area contributed by atoms with Crippen LogP contribution in [0.25, 0.3) is 0 Å². The van der Waals surface area contributed by atoms with Gasteiger partial charge in [0.2, 0.25) is 5.91 Å². The highest BCUT2D eigenvalue weighted by Gasteiger charge is 2.38. The Kier molecular flexibility index (Phi) is 5.89. The molecular formula is C21H23NO4. The highest BCUT2D eigenvalue weighted by Crippen LogP contribution is 2.28. The van der Waals surface area contributed by atoms with Gasteiger partial charge in [0.1, 0.15) is 18.4 Å². The van der Waals surface area contributed by atoms with Crippen molar-refractivity contribution < 1.29 is 19.1 Å². The number of hydrogen-bond donors (Lipinski definition) is 0. The molecule has 0 unspecified atom stereocenters. The van der Waals surface area contributed by atoms with Gasteiger partial charge in [-0.3, -0.25) is 4.79 Å². The van der Waals surface area contributed by atoms with Crippen LogP contribution in [0.15, 0.2) is 54.6 Å². The summed E-state index contributed by atoms with van der Waals surface area (Å²) in [6.07, 6.45) is 1.66. The van der Waals surface area contributed by atoms with Crippen molar-refractivity contribution in [2.75, 3.05) is 13.2 Å². The number of ether oxygens (including phenoxy) is 2. The first-order chi connectivity index (χ1) is 12.7. The molecule has 2 amide bonds. The second-order valence-electron chi connectivity index (χ2n) is 6.29. The van der Waals surface area contributed by atoms with Crippen molar-refractivity contribution in [3.05, 3.63) is 65.7 Å². The molecule has 1 aliphatic rings. The number of rotatable bonds is 7. The summed E-state index contributed by atoms with van der Waals surface area (Å²) in [5.41, 5.74) is 1.73. The number of cyclic esters (lactones) is 1. The molecule has 1 aliphatic heterocycles. The van der Waals surface area contributed by atoms with E-state index >= 15 is 0 Å². The molecule has 0 bridgehead atoms. The Labute approximate surface area is 153 Å². The summed E-state index contributed by atoms with van der Waals surface area (Å²) in [6.45, 7) is 3.00. The Bertz CT molecular complexity index is 742. The maximum Gasteiger partial charge on any atom is 0.417 e. The Morgan fingerprint density at radius 1 is 1.15 bits per heavy atom. The first-order valence-electron chi connectivity index (χ1n) is 8.94. The Hall–Kier alpha value is -2.82. The van der Waals surface area contributed by atoms with E-state index in [4.69, 9.17) is 9.47 Å². The highest BCUT2D eigenvalue weighted by atomic mass is 16.6. The van der Waals surface area contributed by atoms with Crippen molar-refractivity contribution in [3.8, 4) is 5.75 Å². The van der Waals surface area contributed by atoms with Crippen LogP contribution in [0.4, 0.5) is 4.79 Å². The molecule has 26 heavy (non-hydrogen) atoms. The van der Waals surface area contributed by atoms with Crippen LogP contribution in [0.3, 0.4) is 0 Å². The lowest BCUT2D eigenvalue weighted by Gasteiger charge is -2.20. The van der Waals surface area contributed by atoms with Crippen molar-refractivity contribution in [1.82, 2.24) is 4.90 Å². The molecular weight excluding hydrogens is 330 g/mol. The maximum absolute atomic E-state index is 12.7. The molecule has 0 saturated carbocycles. The van der Waals surface area contributed by atoms with Crippen molar-refractivity contribution in [1.29, 1.82) is 0 Å². The van der Waals surface area contributed by atoms with Gasteiger partial charge in [-0.2, -0.15) is 0 Å². The molecule has 136 valence electrons. The average molecular weight is 353 g/mol. The molecule has 1 heterocycles. The summed E-state index contributed by atoms with van der Waals surface area (Å²) in [5, 5.41) is 0. The third-order valence-corrected chi connectivity index (χ3v) is 4.37. The van der Waals surface area contributed by atoms with Gasteiger partial charge in [-0.15, -0.1) is 0 Å². The van der Waals surface area contributed by atoms with Gasteiger partial charge in [-0.1, -0.05) is 55.8 Å². The number of unbranched alkanes of at least 4 members (excludes halogenated alkanes) is 1. The van der Waals surface area contributed by atoms with Crippen LogP contribution < -0.4 is 4.74 Å². The molecule has 1 saturated heterocycles. The van der Waals surface area contributed by atoms with Gasteiger partial charge < -0.3 is 9.47 Å². The molecule has 0 N–H and O–H groups in total. The Morgan fingerprint density at radius 3 is 2.58 bits per heavy atom. The molecule has 0 radical (unpaired) electrons. The SMILES string of the molecule is CCCCOc1ccc(CC(=O)N2C(=O)OC[C@H]2c2ccccc2)cc1. The third-order valence-electron chi connectivity index (χ3n) is 4.37. The van der Waals surface area contributed by atoms with Crippen LogP contribution in [0.1, 0.15) is 36.9 Å². The van der Waals surface area contributed by atoms with E-state index in [-0.39, 0.29) is 25.0 Å². The Balaban J connectivity index is 1.65. The quantitative estimate of drug-likeness (QED) is 0.703. The molecule has 5 nitrogen and oxygen atoms in total. The van der Waals surface area contributed by atoms with Crippen LogP contribution in [0, 0.1) is 0 Å². The predicted molar refractivity (Wildman–Crippen MR) is 97.9 cm³/mol. The number of carbonyl (C=O) groups excluding carboxylic acids is 2. The zero-order valence-electron chi connectivity index (χ0n) is 14.9. The molecule has 1 fully saturated rings. The van der Waals surface area contributed by atoms with E-state index in [1.54, 1.807) is 0 Å². The monoisotopic (exact) mass is 353 g/mol. The first-order valence-corrected chi connectivity index (χ1v) is 8.94. The second-order valence-corrected chi connectivity index (χ2v) is 6.29. The molecule has 0 aromatic heterocycles. The molecule has 2 aromatic carbocycles. The minimum Gasteiger partial charge on any atom is -0.494 e. The number of benzene rings is 2. The summed E-state index contributed by atoms with van der Waals surface area (Å²) in [5.74, 6) is 0.526. The van der Waals surface area contributed by atoms with Gasteiger partial charge >= 0.3 is 6.09 Å². The minimum absolute atomic E-state index is 0.147. The zero-order chi connectivity index (χ0) is 18.4. The smallest absolute Gasteiger partial charge is 0.417 e. The van der Waals surface area contributed by atoms with Crippen molar-refractivity contribution in [2.24, 2.45) is 0 Å². The lowest BCUT2D eigenvalue weighted by atomic mass is 10.1. The number of imide groups is 1. The summed E-state index contributed by atoms with van der Waals surface area (Å²) < 4.78 is 10.7. The third kappa shape index (κ3) is 4.23. The first kappa shape index (κ1) is 18.0. The lowest BCUT2D eigenvalue weighted by molar-refractivity contribution is -0.128. The fourth-order valence-electron chi connectivity index (χ4n) is 2.92. The van der Waals surface area contributed by atoms with Gasteiger partial charge in [-0.25, -0.2) is 9.69 Å². The van der Waals surface area contributed by atoms with Crippen molar-refractivity contribution in [2.45, 2.75) is 32.2 Å². The number of hydrogen-bond acceptors (Lipinski definition) is 4. The fraction of sp³-hybridized carbons (Fsp3) is 0.333. The molecule has 1 atom stereocenters. The molecule has 5 heteroatoms. The lowest BCUT2D eigenvalue weighted by Crippen LogP contribution is -2.35. The maximum atomic E-state index is 12.7. The van der Waals surface area contributed by atoms with Crippen LogP contribution in [-0.2, 0) is 16.0 Å². The van der Waals surface area contributed by atoms with E-state index in [9.17, 15) is 9.59 Å². The van der Waals surface area contributed by atoms with Gasteiger partial charge in [0, 0.05) is 0 Å². The van der Waals surface area contributed by atoms with Gasteiger partial charge in [-0.05, 0) is 29.7 Å². The largest absolute Gasteiger partial charge is 0.494 e. The molecule has 3 rings (SSSR count). The van der Waals surface area contributed by atoms with Crippen LogP contribution in [0.2, 0.25) is 0 Å². The highest BCUT2D eigenvalue weighted by molar-refractivity contribution is 5.94. The average Bonchev–Trinajstić information content (AvgIpc) is 3.06. The molecule has 0 spiro atoms. The topological polar surface area (TPSA) is 55.8 Å². The second kappa shape index (κ2) is 8.52. The summed E-state index contributed by atoms with van der Waals surface area (Å²) in [4.78, 5) is 26.0. The normalized spacial score (nSPS) is 16.4. The van der Waals surface area contributed by atoms with Gasteiger partial charge in [0.25, 0.3) is 0 Å². The predicted octanol–water partition coefficient (Wildman–Crippen LogP) is 4.13. The summed E-state index contributed by atoms with van der Waals surface area (Å²) >= 11 is 0. The van der Waals surface area contributed by atoms with E-state index in [0.717, 1.165) is 29.7 Å². The van der Waals surface area contributed by atoms with Crippen molar-refractivity contribution >= 4 is 12.0 Å². The summed E-state index contributed by atoms with van der Waals surface area (Å²) in [7, 11) is 0. The van der Waals surface area contributed by atoms with E-state index in [1.807, 2.05) is 54.6 Å².